The van der Waals surface area contributed by atoms with Gasteiger partial charge >= 0.3 is 5.97 Å². The topological polar surface area (TPSA) is 55.4 Å². The van der Waals surface area contributed by atoms with Gasteiger partial charge in [0.2, 0.25) is 5.91 Å². The minimum atomic E-state index is -0.439. The number of amides is 1. The number of ether oxygens (including phenoxy) is 1. The third-order valence-electron chi connectivity index (χ3n) is 3.30. The molecule has 21 heavy (non-hydrogen) atoms. The third-order valence-corrected chi connectivity index (χ3v) is 3.86. The van der Waals surface area contributed by atoms with E-state index in [4.69, 9.17) is 27.9 Å². The molecule has 0 aliphatic carbocycles. The molecule has 0 saturated carbocycles. The quantitative estimate of drug-likeness (QED) is 0.865. The van der Waals surface area contributed by atoms with Crippen molar-refractivity contribution in [3.05, 3.63) is 45.1 Å². The molecule has 1 aliphatic heterocycles. The van der Waals surface area contributed by atoms with Gasteiger partial charge in [-0.3, -0.25) is 4.79 Å². The van der Waals surface area contributed by atoms with Gasteiger partial charge in [0.25, 0.3) is 0 Å². The van der Waals surface area contributed by atoms with Crippen LogP contribution in [0.5, 0.6) is 0 Å². The first-order valence-electron chi connectivity index (χ1n) is 6.56. The van der Waals surface area contributed by atoms with Crippen molar-refractivity contribution >= 4 is 35.1 Å². The summed E-state index contributed by atoms with van der Waals surface area (Å²) < 4.78 is 5.09. The number of esters is 1. The van der Waals surface area contributed by atoms with Crippen LogP contribution in [0.25, 0.3) is 0 Å². The van der Waals surface area contributed by atoms with Gasteiger partial charge in [0.1, 0.15) is 0 Å². The molecule has 0 radical (unpaired) electrons. The Labute approximate surface area is 133 Å². The molecule has 4 nitrogen and oxygen atoms in total. The number of benzene rings is 1. The van der Waals surface area contributed by atoms with Gasteiger partial charge in [-0.25, -0.2) is 4.79 Å². The highest BCUT2D eigenvalue weighted by Crippen LogP contribution is 2.37. The van der Waals surface area contributed by atoms with Crippen molar-refractivity contribution in [2.45, 2.75) is 26.2 Å². The monoisotopic (exact) mass is 327 g/mol. The number of hydrogen-bond donors (Lipinski definition) is 1. The van der Waals surface area contributed by atoms with Crippen LogP contribution in [0.2, 0.25) is 10.0 Å². The first-order valence-corrected chi connectivity index (χ1v) is 7.32. The Morgan fingerprint density at radius 2 is 2.14 bits per heavy atom. The van der Waals surface area contributed by atoms with E-state index in [0.717, 1.165) is 0 Å². The van der Waals surface area contributed by atoms with Gasteiger partial charge in [-0.05, 0) is 31.5 Å². The number of carbonyl (C=O) groups is 2. The maximum atomic E-state index is 12.2. The third kappa shape index (κ3) is 3.39. The highest BCUT2D eigenvalue weighted by atomic mass is 35.5. The van der Waals surface area contributed by atoms with Gasteiger partial charge < -0.3 is 10.1 Å². The Kier molecular flexibility index (Phi) is 4.91. The van der Waals surface area contributed by atoms with Crippen molar-refractivity contribution < 1.29 is 14.3 Å². The molecule has 0 saturated heterocycles. The smallest absolute Gasteiger partial charge is 0.336 e. The van der Waals surface area contributed by atoms with Crippen molar-refractivity contribution in [2.24, 2.45) is 0 Å². The van der Waals surface area contributed by atoms with E-state index < -0.39 is 11.9 Å². The lowest BCUT2D eigenvalue weighted by Gasteiger charge is -2.27. The number of rotatable bonds is 3. The van der Waals surface area contributed by atoms with Crippen LogP contribution in [0, 0.1) is 0 Å². The van der Waals surface area contributed by atoms with Crippen molar-refractivity contribution in [1.82, 2.24) is 5.32 Å². The van der Waals surface area contributed by atoms with Crippen LogP contribution in [-0.2, 0) is 14.3 Å². The average Bonchev–Trinajstić information content (AvgIpc) is 2.37. The molecule has 1 atom stereocenters. The standard InChI is InChI=1S/C15H15Cl2NO3/c1-3-21-15(20)14-8(2)18-13(19)7-11(14)10-5-4-9(16)6-12(10)17/h4-6,11H,3,7H2,1-2H3,(H,18,19)/t11-/m0/s1. The van der Waals surface area contributed by atoms with E-state index in [9.17, 15) is 9.59 Å². The van der Waals surface area contributed by atoms with Gasteiger partial charge in [-0.15, -0.1) is 0 Å². The number of carbonyl (C=O) groups excluding carboxylic acids is 2. The molecule has 1 heterocycles. The van der Waals surface area contributed by atoms with Crippen LogP contribution in [0.15, 0.2) is 29.5 Å². The summed E-state index contributed by atoms with van der Waals surface area (Å²) in [4.78, 5) is 24.0. The highest BCUT2D eigenvalue weighted by Gasteiger charge is 2.33. The fraction of sp³-hybridized carbons (Fsp3) is 0.333. The molecule has 1 N–H and O–H groups in total. The maximum Gasteiger partial charge on any atom is 0.336 e. The fourth-order valence-electron chi connectivity index (χ4n) is 2.43. The Balaban J connectivity index is 2.49. The van der Waals surface area contributed by atoms with Gasteiger partial charge in [0, 0.05) is 28.1 Å². The molecule has 1 aromatic rings. The Morgan fingerprint density at radius 1 is 1.43 bits per heavy atom. The van der Waals surface area contributed by atoms with E-state index in [0.29, 0.717) is 26.9 Å². The first kappa shape index (κ1) is 15.9. The van der Waals surface area contributed by atoms with Crippen molar-refractivity contribution in [3.63, 3.8) is 0 Å². The van der Waals surface area contributed by atoms with E-state index in [1.54, 1.807) is 32.0 Å². The predicted octanol–water partition coefficient (Wildman–Crippen LogP) is 3.43. The van der Waals surface area contributed by atoms with E-state index >= 15 is 0 Å². The van der Waals surface area contributed by atoms with Gasteiger partial charge in [-0.2, -0.15) is 0 Å². The molecular formula is C15H15Cl2NO3. The molecule has 112 valence electrons. The zero-order valence-corrected chi connectivity index (χ0v) is 13.2. The molecule has 1 aliphatic rings. The molecular weight excluding hydrogens is 313 g/mol. The second-order valence-corrected chi connectivity index (χ2v) is 5.57. The summed E-state index contributed by atoms with van der Waals surface area (Å²) in [6.45, 7) is 3.68. The summed E-state index contributed by atoms with van der Waals surface area (Å²) in [7, 11) is 0. The number of nitrogens with one attached hydrogen (secondary N) is 1. The zero-order valence-electron chi connectivity index (χ0n) is 11.7. The summed E-state index contributed by atoms with van der Waals surface area (Å²) in [5, 5.41) is 3.60. The predicted molar refractivity (Wildman–Crippen MR) is 81.3 cm³/mol. The molecule has 0 unspecified atom stereocenters. The fourth-order valence-corrected chi connectivity index (χ4v) is 2.97. The van der Waals surface area contributed by atoms with E-state index in [2.05, 4.69) is 5.32 Å². The van der Waals surface area contributed by atoms with E-state index in [-0.39, 0.29) is 18.9 Å². The SMILES string of the molecule is CCOC(=O)C1=C(C)NC(=O)C[C@H]1c1ccc(Cl)cc1Cl. The summed E-state index contributed by atoms with van der Waals surface area (Å²) in [6, 6.07) is 5.02. The van der Waals surface area contributed by atoms with Gasteiger partial charge in [-0.1, -0.05) is 29.3 Å². The summed E-state index contributed by atoms with van der Waals surface area (Å²) in [5.74, 6) is -1.02. The lowest BCUT2D eigenvalue weighted by Crippen LogP contribution is -2.34. The maximum absolute atomic E-state index is 12.2. The molecule has 1 amide bonds. The molecule has 2 rings (SSSR count). The lowest BCUT2D eigenvalue weighted by atomic mass is 9.84. The summed E-state index contributed by atoms with van der Waals surface area (Å²) >= 11 is 12.1. The van der Waals surface area contributed by atoms with Crippen molar-refractivity contribution in [2.75, 3.05) is 6.61 Å². The molecule has 0 spiro atoms. The second-order valence-electron chi connectivity index (χ2n) is 4.73. The summed E-state index contributed by atoms with van der Waals surface area (Å²) in [6.07, 6.45) is 0.146. The average molecular weight is 328 g/mol. The van der Waals surface area contributed by atoms with Crippen LogP contribution in [0.3, 0.4) is 0 Å². The van der Waals surface area contributed by atoms with Gasteiger partial charge in [0.05, 0.1) is 12.2 Å². The largest absolute Gasteiger partial charge is 0.463 e. The van der Waals surface area contributed by atoms with Crippen LogP contribution in [0.4, 0.5) is 0 Å². The lowest BCUT2D eigenvalue weighted by molar-refractivity contribution is -0.139. The number of allylic oxidation sites excluding steroid dienone is 1. The van der Waals surface area contributed by atoms with Crippen LogP contribution in [-0.4, -0.2) is 18.5 Å². The Morgan fingerprint density at radius 3 is 2.76 bits per heavy atom. The second kappa shape index (κ2) is 6.50. The van der Waals surface area contributed by atoms with Crippen molar-refractivity contribution in [3.8, 4) is 0 Å². The van der Waals surface area contributed by atoms with Crippen molar-refractivity contribution in [1.29, 1.82) is 0 Å². The van der Waals surface area contributed by atoms with Crippen LogP contribution in [0.1, 0.15) is 31.7 Å². The molecule has 0 fully saturated rings. The Hall–Kier alpha value is -1.52. The molecule has 6 heteroatoms. The molecule has 1 aromatic carbocycles. The molecule has 0 bridgehead atoms. The molecule has 0 aromatic heterocycles. The van der Waals surface area contributed by atoms with Gasteiger partial charge in [0.15, 0.2) is 0 Å². The minimum Gasteiger partial charge on any atom is -0.463 e. The number of halogens is 2. The van der Waals surface area contributed by atoms with Crippen LogP contribution < -0.4 is 5.32 Å². The highest BCUT2D eigenvalue weighted by molar-refractivity contribution is 6.35. The number of hydrogen-bond acceptors (Lipinski definition) is 3. The summed E-state index contributed by atoms with van der Waals surface area (Å²) in [5.41, 5.74) is 1.62. The normalized spacial score (nSPS) is 18.5. The first-order chi connectivity index (χ1) is 9.93. The minimum absolute atomic E-state index is 0.146. The van der Waals surface area contributed by atoms with E-state index in [1.165, 1.54) is 0 Å². The van der Waals surface area contributed by atoms with Crippen LogP contribution >= 0.6 is 23.2 Å². The Bertz CT molecular complexity index is 625. The van der Waals surface area contributed by atoms with E-state index in [1.807, 2.05) is 0 Å². The zero-order chi connectivity index (χ0) is 15.6.